The predicted molar refractivity (Wildman–Crippen MR) is 84.2 cm³/mol. The van der Waals surface area contributed by atoms with Gasteiger partial charge in [0.15, 0.2) is 0 Å². The Hall–Kier alpha value is -2.25. The Morgan fingerprint density at radius 1 is 1.23 bits per heavy atom. The highest BCUT2D eigenvalue weighted by atomic mass is 32.2. The number of nitrogens with zero attached hydrogens (tertiary/aromatic N) is 1. The first-order chi connectivity index (χ1) is 10.2. The molecule has 6 nitrogen and oxygen atoms in total. The van der Waals surface area contributed by atoms with Crippen molar-refractivity contribution in [2.24, 2.45) is 5.14 Å². The lowest BCUT2D eigenvalue weighted by Crippen LogP contribution is -2.19. The van der Waals surface area contributed by atoms with Gasteiger partial charge in [-0.25, -0.2) is 13.6 Å². The highest BCUT2D eigenvalue weighted by Gasteiger charge is 2.20. The standard InChI is InChI=1S/C15H17N3O3S/c1-9-7-10(2)14(22(16,20)21)11(3)13(9)18-15(19)12-5-4-6-17-8-12/h4-8H,1-3H3,(H,18,19)(H2,16,20,21). The van der Waals surface area contributed by atoms with E-state index in [0.29, 0.717) is 22.4 Å². The molecule has 0 aliphatic carbocycles. The molecule has 0 spiro atoms. The number of anilines is 1. The van der Waals surface area contributed by atoms with E-state index in [-0.39, 0.29) is 10.8 Å². The van der Waals surface area contributed by atoms with Crippen molar-refractivity contribution in [3.8, 4) is 0 Å². The van der Waals surface area contributed by atoms with Crippen LogP contribution >= 0.6 is 0 Å². The summed E-state index contributed by atoms with van der Waals surface area (Å²) < 4.78 is 23.5. The molecule has 22 heavy (non-hydrogen) atoms. The Bertz CT molecular complexity index is 831. The van der Waals surface area contributed by atoms with Crippen molar-refractivity contribution in [3.05, 3.63) is 52.8 Å². The van der Waals surface area contributed by atoms with Crippen molar-refractivity contribution >= 4 is 21.6 Å². The van der Waals surface area contributed by atoms with Gasteiger partial charge in [-0.2, -0.15) is 0 Å². The SMILES string of the molecule is Cc1cc(C)c(S(N)(=O)=O)c(C)c1NC(=O)c1cccnc1. The number of carbonyl (C=O) groups is 1. The number of sulfonamides is 1. The molecule has 1 aromatic heterocycles. The zero-order valence-electron chi connectivity index (χ0n) is 12.5. The van der Waals surface area contributed by atoms with Crippen molar-refractivity contribution < 1.29 is 13.2 Å². The van der Waals surface area contributed by atoms with Crippen LogP contribution in [-0.2, 0) is 10.0 Å². The van der Waals surface area contributed by atoms with E-state index in [1.54, 1.807) is 45.2 Å². The molecule has 1 amide bonds. The molecule has 0 fully saturated rings. The van der Waals surface area contributed by atoms with E-state index in [1.807, 2.05) is 0 Å². The predicted octanol–water partition coefficient (Wildman–Crippen LogP) is 1.91. The van der Waals surface area contributed by atoms with Gasteiger partial charge >= 0.3 is 0 Å². The zero-order chi connectivity index (χ0) is 16.5. The third kappa shape index (κ3) is 3.15. The smallest absolute Gasteiger partial charge is 0.257 e. The summed E-state index contributed by atoms with van der Waals surface area (Å²) in [6, 6.07) is 4.97. The van der Waals surface area contributed by atoms with Gasteiger partial charge in [0.1, 0.15) is 0 Å². The molecule has 2 rings (SSSR count). The van der Waals surface area contributed by atoms with Gasteiger partial charge in [0.25, 0.3) is 5.91 Å². The van der Waals surface area contributed by atoms with Crippen LogP contribution in [0.5, 0.6) is 0 Å². The van der Waals surface area contributed by atoms with Gasteiger partial charge in [0.05, 0.1) is 10.5 Å². The van der Waals surface area contributed by atoms with Gasteiger partial charge in [-0.3, -0.25) is 9.78 Å². The average molecular weight is 319 g/mol. The lowest BCUT2D eigenvalue weighted by Gasteiger charge is -2.16. The molecule has 2 aromatic rings. The largest absolute Gasteiger partial charge is 0.321 e. The third-order valence-electron chi connectivity index (χ3n) is 3.35. The fourth-order valence-electron chi connectivity index (χ4n) is 2.48. The fraction of sp³-hybridized carbons (Fsp3) is 0.200. The maximum absolute atomic E-state index is 12.2. The molecule has 0 unspecified atom stereocenters. The Labute approximate surface area is 129 Å². The Balaban J connectivity index is 2.51. The number of primary sulfonamides is 1. The Kier molecular flexibility index (Phi) is 4.30. The van der Waals surface area contributed by atoms with Crippen LogP contribution in [0, 0.1) is 20.8 Å². The lowest BCUT2D eigenvalue weighted by molar-refractivity contribution is 0.102. The van der Waals surface area contributed by atoms with Gasteiger partial charge in [-0.1, -0.05) is 6.07 Å². The average Bonchev–Trinajstić information content (AvgIpc) is 2.42. The van der Waals surface area contributed by atoms with Gasteiger partial charge < -0.3 is 5.32 Å². The summed E-state index contributed by atoms with van der Waals surface area (Å²) in [7, 11) is -3.87. The van der Waals surface area contributed by atoms with Crippen molar-refractivity contribution in [3.63, 3.8) is 0 Å². The van der Waals surface area contributed by atoms with E-state index in [1.165, 1.54) is 6.20 Å². The maximum atomic E-state index is 12.2. The number of pyridine rings is 1. The third-order valence-corrected chi connectivity index (χ3v) is 4.55. The Morgan fingerprint density at radius 2 is 1.91 bits per heavy atom. The summed E-state index contributed by atoms with van der Waals surface area (Å²) in [5.74, 6) is -0.358. The number of benzene rings is 1. The van der Waals surface area contributed by atoms with E-state index >= 15 is 0 Å². The molecule has 7 heteroatoms. The van der Waals surface area contributed by atoms with Crippen LogP contribution in [0.4, 0.5) is 5.69 Å². The molecule has 1 aromatic carbocycles. The molecule has 0 atom stereocenters. The van der Waals surface area contributed by atoms with E-state index in [4.69, 9.17) is 5.14 Å². The number of hydrogen-bond donors (Lipinski definition) is 2. The molecule has 0 aliphatic rings. The fourth-order valence-corrected chi connectivity index (χ4v) is 3.52. The summed E-state index contributed by atoms with van der Waals surface area (Å²) in [6.45, 7) is 5.09. The molecule has 0 aliphatic heterocycles. The number of nitrogens with one attached hydrogen (secondary N) is 1. The normalized spacial score (nSPS) is 11.3. The highest BCUT2D eigenvalue weighted by molar-refractivity contribution is 7.89. The monoisotopic (exact) mass is 319 g/mol. The van der Waals surface area contributed by atoms with Crippen molar-refractivity contribution in [2.75, 3.05) is 5.32 Å². The van der Waals surface area contributed by atoms with Crippen LogP contribution in [0.25, 0.3) is 0 Å². The number of hydrogen-bond acceptors (Lipinski definition) is 4. The zero-order valence-corrected chi connectivity index (χ0v) is 13.4. The second kappa shape index (κ2) is 5.86. The number of nitrogens with two attached hydrogens (primary N) is 1. The van der Waals surface area contributed by atoms with Crippen LogP contribution in [0.1, 0.15) is 27.0 Å². The molecular formula is C15H17N3O3S. The van der Waals surface area contributed by atoms with E-state index in [2.05, 4.69) is 10.3 Å². The van der Waals surface area contributed by atoms with Crippen LogP contribution in [0.3, 0.4) is 0 Å². The number of aryl methyl sites for hydroxylation is 2. The van der Waals surface area contributed by atoms with Gasteiger partial charge in [-0.05, 0) is 49.6 Å². The first-order valence-electron chi connectivity index (χ1n) is 6.57. The first kappa shape index (κ1) is 16.1. The second-order valence-corrected chi connectivity index (χ2v) is 6.58. The molecule has 0 saturated carbocycles. The van der Waals surface area contributed by atoms with Crippen LogP contribution < -0.4 is 10.5 Å². The van der Waals surface area contributed by atoms with Crippen LogP contribution in [0.2, 0.25) is 0 Å². The summed E-state index contributed by atoms with van der Waals surface area (Å²) >= 11 is 0. The summed E-state index contributed by atoms with van der Waals surface area (Å²) in [5, 5.41) is 8.00. The second-order valence-electron chi connectivity index (χ2n) is 5.08. The first-order valence-corrected chi connectivity index (χ1v) is 8.11. The minimum Gasteiger partial charge on any atom is -0.321 e. The lowest BCUT2D eigenvalue weighted by atomic mass is 10.0. The van der Waals surface area contributed by atoms with Crippen LogP contribution in [0.15, 0.2) is 35.5 Å². The molecule has 3 N–H and O–H groups in total. The van der Waals surface area contributed by atoms with Crippen molar-refractivity contribution in [2.45, 2.75) is 25.7 Å². The highest BCUT2D eigenvalue weighted by Crippen LogP contribution is 2.29. The molecule has 0 radical (unpaired) electrons. The summed E-state index contributed by atoms with van der Waals surface area (Å²) in [4.78, 5) is 16.2. The van der Waals surface area contributed by atoms with Crippen molar-refractivity contribution in [1.29, 1.82) is 0 Å². The van der Waals surface area contributed by atoms with Crippen LogP contribution in [-0.4, -0.2) is 19.3 Å². The van der Waals surface area contributed by atoms with Crippen molar-refractivity contribution in [1.82, 2.24) is 4.98 Å². The molecular weight excluding hydrogens is 302 g/mol. The Morgan fingerprint density at radius 3 is 2.45 bits per heavy atom. The minimum absolute atomic E-state index is 0.0413. The van der Waals surface area contributed by atoms with Gasteiger partial charge in [0, 0.05) is 18.1 Å². The quantitative estimate of drug-likeness (QED) is 0.902. The number of aromatic nitrogens is 1. The minimum atomic E-state index is -3.87. The number of amides is 1. The molecule has 0 bridgehead atoms. The van der Waals surface area contributed by atoms with Gasteiger partial charge in [0.2, 0.25) is 10.0 Å². The molecule has 0 saturated heterocycles. The summed E-state index contributed by atoms with van der Waals surface area (Å²) in [6.07, 6.45) is 3.01. The number of carbonyl (C=O) groups excluding carboxylic acids is 1. The van der Waals surface area contributed by atoms with Gasteiger partial charge in [-0.15, -0.1) is 0 Å². The summed E-state index contributed by atoms with van der Waals surface area (Å²) in [5.41, 5.74) is 2.58. The van der Waals surface area contributed by atoms with E-state index in [9.17, 15) is 13.2 Å². The topological polar surface area (TPSA) is 102 Å². The maximum Gasteiger partial charge on any atom is 0.257 e. The van der Waals surface area contributed by atoms with E-state index in [0.717, 1.165) is 5.56 Å². The number of rotatable bonds is 3. The molecule has 116 valence electrons. The van der Waals surface area contributed by atoms with E-state index < -0.39 is 10.0 Å². The molecule has 1 heterocycles.